The highest BCUT2D eigenvalue weighted by atomic mass is 16.5. The average Bonchev–Trinajstić information content (AvgIpc) is 3.39. The molecule has 0 saturated carbocycles. The van der Waals surface area contributed by atoms with Crippen molar-refractivity contribution < 1.29 is 47.7 Å². The van der Waals surface area contributed by atoms with E-state index >= 15 is 0 Å². The van der Waals surface area contributed by atoms with Crippen molar-refractivity contribution >= 4 is 29.7 Å². The second-order valence-corrected chi connectivity index (χ2v) is 10.5. The van der Waals surface area contributed by atoms with E-state index in [2.05, 4.69) is 11.3 Å². The molecule has 244 valence electrons. The number of hydrogen-bond acceptors (Lipinski definition) is 10. The predicted molar refractivity (Wildman–Crippen MR) is 171 cm³/mol. The highest BCUT2D eigenvalue weighted by Crippen LogP contribution is 2.29. The zero-order valence-corrected chi connectivity index (χ0v) is 26.2. The molecule has 3 aromatic carbocycles. The van der Waals surface area contributed by atoms with Crippen LogP contribution in [-0.4, -0.2) is 68.1 Å². The number of nitrogens with zero attached hydrogens (tertiary/aromatic N) is 1. The van der Waals surface area contributed by atoms with Crippen molar-refractivity contribution in [2.75, 3.05) is 33.5 Å². The molecule has 0 aromatic heterocycles. The van der Waals surface area contributed by atoms with Gasteiger partial charge in [-0.05, 0) is 78.6 Å². The fraction of sp³-hybridized carbons (Fsp3) is 0.250. The normalized spacial score (nSPS) is 12.1. The van der Waals surface area contributed by atoms with Gasteiger partial charge in [0.25, 0.3) is 11.8 Å². The summed E-state index contributed by atoms with van der Waals surface area (Å²) in [6, 6.07) is 19.5. The number of benzene rings is 3. The largest absolute Gasteiger partial charge is 0.494 e. The molecule has 47 heavy (non-hydrogen) atoms. The molecule has 1 heterocycles. The third-order valence-electron chi connectivity index (χ3n) is 7.02. The molecule has 0 spiro atoms. The van der Waals surface area contributed by atoms with Crippen molar-refractivity contribution in [1.82, 2.24) is 4.90 Å². The molecule has 1 aliphatic heterocycles. The van der Waals surface area contributed by atoms with E-state index < -0.39 is 17.9 Å². The van der Waals surface area contributed by atoms with Gasteiger partial charge in [-0.1, -0.05) is 24.8 Å². The third kappa shape index (κ3) is 9.89. The Hall–Kier alpha value is -5.71. The molecule has 3 aromatic rings. The standard InChI is InChI=1S/C36H35NO10/c1-24-22-30(14-15-31(24)26-6-10-28(11-7-26)44-19-4-18-37-32(38)16-17-33(37)39)47-36(42)27-8-12-29(13-9-27)45-20-5-21-46-35(41)25(2)23-34(40)43-3/h6-17,22H,2,4-5,18-21,23H2,1,3H3. The summed E-state index contributed by atoms with van der Waals surface area (Å²) >= 11 is 0. The summed E-state index contributed by atoms with van der Waals surface area (Å²) in [6.45, 7) is 6.48. The molecule has 11 heteroatoms. The minimum Gasteiger partial charge on any atom is -0.494 e. The van der Waals surface area contributed by atoms with Gasteiger partial charge >= 0.3 is 17.9 Å². The summed E-state index contributed by atoms with van der Waals surface area (Å²) in [7, 11) is 1.23. The zero-order valence-electron chi connectivity index (χ0n) is 26.2. The van der Waals surface area contributed by atoms with Gasteiger partial charge in [0.2, 0.25) is 0 Å². The summed E-state index contributed by atoms with van der Waals surface area (Å²) < 4.78 is 26.5. The second kappa shape index (κ2) is 16.6. The first-order valence-electron chi connectivity index (χ1n) is 14.9. The lowest BCUT2D eigenvalue weighted by Gasteiger charge is -2.14. The van der Waals surface area contributed by atoms with E-state index in [9.17, 15) is 24.0 Å². The van der Waals surface area contributed by atoms with E-state index in [1.165, 1.54) is 24.2 Å². The lowest BCUT2D eigenvalue weighted by Crippen LogP contribution is -2.31. The fourth-order valence-corrected chi connectivity index (χ4v) is 4.51. The minimum atomic E-state index is -0.664. The maximum Gasteiger partial charge on any atom is 0.343 e. The molecule has 4 rings (SSSR count). The van der Waals surface area contributed by atoms with Crippen molar-refractivity contribution in [1.29, 1.82) is 0 Å². The Morgan fingerprint density at radius 2 is 1.36 bits per heavy atom. The smallest absolute Gasteiger partial charge is 0.343 e. The number of carbonyl (C=O) groups is 5. The second-order valence-electron chi connectivity index (χ2n) is 10.5. The molecular formula is C36H35NO10. The van der Waals surface area contributed by atoms with Crippen LogP contribution in [0.1, 0.15) is 35.2 Å². The number of aryl methyl sites for hydroxylation is 1. The van der Waals surface area contributed by atoms with Gasteiger partial charge in [-0.3, -0.25) is 19.3 Å². The zero-order chi connectivity index (χ0) is 33.8. The van der Waals surface area contributed by atoms with Gasteiger partial charge in [-0.15, -0.1) is 0 Å². The van der Waals surface area contributed by atoms with Crippen LogP contribution in [0.5, 0.6) is 17.2 Å². The molecule has 0 aliphatic carbocycles. The molecule has 11 nitrogen and oxygen atoms in total. The maximum absolute atomic E-state index is 12.7. The summed E-state index contributed by atoms with van der Waals surface area (Å²) in [5, 5.41) is 0. The number of amides is 2. The molecule has 1 aliphatic rings. The molecule has 0 radical (unpaired) electrons. The van der Waals surface area contributed by atoms with Crippen molar-refractivity contribution in [3.63, 3.8) is 0 Å². The third-order valence-corrected chi connectivity index (χ3v) is 7.02. The van der Waals surface area contributed by atoms with Crippen LogP contribution in [0.4, 0.5) is 0 Å². The Morgan fingerprint density at radius 1 is 0.766 bits per heavy atom. The van der Waals surface area contributed by atoms with E-state index in [1.54, 1.807) is 36.4 Å². The Kier molecular flexibility index (Phi) is 12.0. The minimum absolute atomic E-state index is 0.0177. The van der Waals surface area contributed by atoms with E-state index in [4.69, 9.17) is 18.9 Å². The van der Waals surface area contributed by atoms with Gasteiger partial charge in [-0.25, -0.2) is 9.59 Å². The fourth-order valence-electron chi connectivity index (χ4n) is 4.51. The number of rotatable bonds is 16. The highest BCUT2D eigenvalue weighted by Gasteiger charge is 2.22. The van der Waals surface area contributed by atoms with Crippen LogP contribution in [0.2, 0.25) is 0 Å². The summed E-state index contributed by atoms with van der Waals surface area (Å²) in [6.07, 6.45) is 3.25. The Morgan fingerprint density at radius 3 is 1.98 bits per heavy atom. The van der Waals surface area contributed by atoms with E-state index in [0.29, 0.717) is 48.8 Å². The Labute approximate surface area is 272 Å². The number of esters is 3. The van der Waals surface area contributed by atoms with Gasteiger partial charge in [0.1, 0.15) is 17.2 Å². The molecule has 0 atom stereocenters. The summed E-state index contributed by atoms with van der Waals surface area (Å²) in [5.74, 6) is -0.730. The van der Waals surface area contributed by atoms with Gasteiger partial charge in [0.15, 0.2) is 0 Å². The Balaban J connectivity index is 1.19. The van der Waals surface area contributed by atoms with Crippen molar-refractivity contribution in [3.05, 3.63) is 102 Å². The number of hydrogen-bond donors (Lipinski definition) is 0. The number of methoxy groups -OCH3 is 1. The van der Waals surface area contributed by atoms with Crippen LogP contribution in [0, 0.1) is 6.92 Å². The van der Waals surface area contributed by atoms with Crippen molar-refractivity contribution in [2.24, 2.45) is 0 Å². The number of imide groups is 1. The first kappa shape index (κ1) is 34.2. The van der Waals surface area contributed by atoms with Gasteiger partial charge in [0, 0.05) is 30.7 Å². The van der Waals surface area contributed by atoms with Crippen LogP contribution >= 0.6 is 0 Å². The quantitative estimate of drug-likeness (QED) is 0.0691. The van der Waals surface area contributed by atoms with Crippen LogP contribution in [0.15, 0.2) is 91.0 Å². The number of ether oxygens (including phenoxy) is 5. The van der Waals surface area contributed by atoms with Gasteiger partial charge in [-0.2, -0.15) is 0 Å². The lowest BCUT2D eigenvalue weighted by molar-refractivity contribution is -0.144. The van der Waals surface area contributed by atoms with Crippen molar-refractivity contribution in [3.8, 4) is 28.4 Å². The monoisotopic (exact) mass is 641 g/mol. The van der Waals surface area contributed by atoms with Crippen LogP contribution in [-0.2, 0) is 28.7 Å². The van der Waals surface area contributed by atoms with Crippen molar-refractivity contribution in [2.45, 2.75) is 26.2 Å². The van der Waals surface area contributed by atoms with Crippen LogP contribution in [0.25, 0.3) is 11.1 Å². The van der Waals surface area contributed by atoms with E-state index in [0.717, 1.165) is 16.7 Å². The lowest BCUT2D eigenvalue weighted by atomic mass is 10.0. The average molecular weight is 642 g/mol. The van der Waals surface area contributed by atoms with E-state index in [-0.39, 0.29) is 37.0 Å². The van der Waals surface area contributed by atoms with E-state index in [1.807, 2.05) is 37.3 Å². The molecule has 0 N–H and O–H groups in total. The first-order valence-corrected chi connectivity index (χ1v) is 14.9. The van der Waals surface area contributed by atoms with Crippen LogP contribution in [0.3, 0.4) is 0 Å². The number of carbonyl (C=O) groups excluding carboxylic acids is 5. The molecule has 0 unspecified atom stereocenters. The van der Waals surface area contributed by atoms with Crippen LogP contribution < -0.4 is 14.2 Å². The maximum atomic E-state index is 12.7. The molecule has 0 bridgehead atoms. The van der Waals surface area contributed by atoms with Gasteiger partial charge < -0.3 is 23.7 Å². The predicted octanol–water partition coefficient (Wildman–Crippen LogP) is 5.01. The molecule has 0 fully saturated rings. The Bertz CT molecular complexity index is 1640. The molecule has 0 saturated heterocycles. The topological polar surface area (TPSA) is 135 Å². The van der Waals surface area contributed by atoms with Gasteiger partial charge in [0.05, 0.1) is 38.9 Å². The summed E-state index contributed by atoms with van der Waals surface area (Å²) in [4.78, 5) is 60.2. The molecule has 2 amide bonds. The highest BCUT2D eigenvalue weighted by molar-refractivity contribution is 6.12. The SMILES string of the molecule is C=C(CC(=O)OC)C(=O)OCCCOc1ccc(C(=O)Oc2ccc(-c3ccc(OCCCN4C(=O)C=CC4=O)cc3)c(C)c2)cc1. The first-order chi connectivity index (χ1) is 22.6. The summed E-state index contributed by atoms with van der Waals surface area (Å²) in [5.41, 5.74) is 3.22. The molecular weight excluding hydrogens is 606 g/mol.